The summed E-state index contributed by atoms with van der Waals surface area (Å²) in [5, 5.41) is 9.96. The van der Waals surface area contributed by atoms with E-state index in [2.05, 4.69) is 4.74 Å². The lowest BCUT2D eigenvalue weighted by atomic mass is 9.80. The summed E-state index contributed by atoms with van der Waals surface area (Å²) in [6.07, 6.45) is -6.39. The van der Waals surface area contributed by atoms with Crippen LogP contribution in [-0.4, -0.2) is 77.1 Å². The van der Waals surface area contributed by atoms with Crippen molar-refractivity contribution in [3.05, 3.63) is 35.4 Å². The molecule has 1 heterocycles. The Morgan fingerprint density at radius 2 is 1.59 bits per heavy atom. The number of ether oxygens (including phenoxy) is 1. The van der Waals surface area contributed by atoms with Gasteiger partial charge >= 0.3 is 6.36 Å². The van der Waals surface area contributed by atoms with E-state index in [1.165, 1.54) is 0 Å². The Hall–Kier alpha value is -2.20. The van der Waals surface area contributed by atoms with E-state index >= 15 is 0 Å². The first kappa shape index (κ1) is 23.0. The molecule has 1 saturated heterocycles. The van der Waals surface area contributed by atoms with Crippen molar-refractivity contribution in [1.29, 1.82) is 0 Å². The maximum absolute atomic E-state index is 14.7. The average Bonchev–Trinajstić information content (AvgIpc) is 3.52. The van der Waals surface area contributed by atoms with E-state index in [1.54, 1.807) is 34.1 Å². The van der Waals surface area contributed by atoms with Crippen molar-refractivity contribution in [3.63, 3.8) is 0 Å². The molecule has 1 N–H and O–H groups in total. The van der Waals surface area contributed by atoms with Crippen molar-refractivity contribution in [2.45, 2.75) is 62.3 Å². The average molecular weight is 458 g/mol. The van der Waals surface area contributed by atoms with E-state index in [4.69, 9.17) is 0 Å². The topological polar surface area (TPSA) is 70.1 Å². The van der Waals surface area contributed by atoms with Gasteiger partial charge in [0, 0.05) is 37.7 Å². The van der Waals surface area contributed by atoms with Crippen molar-refractivity contribution in [2.24, 2.45) is 0 Å². The maximum Gasteiger partial charge on any atom is 0.522 e. The molecule has 3 fully saturated rings. The SMILES string of the molecule is O=C(c1ccc(C2CCCC(OC(F)(F)F)C2F)cc1)N1CCN(C(=O)C2(O)CC2)CC1. The molecule has 0 radical (unpaired) electrons. The van der Waals surface area contributed by atoms with E-state index in [9.17, 15) is 32.3 Å². The highest BCUT2D eigenvalue weighted by atomic mass is 19.4. The van der Waals surface area contributed by atoms with E-state index in [1.807, 2.05) is 0 Å². The molecule has 0 spiro atoms. The number of carbonyl (C=O) groups excluding carboxylic acids is 2. The lowest BCUT2D eigenvalue weighted by Crippen LogP contribution is -2.53. The molecular weight excluding hydrogens is 432 g/mol. The zero-order valence-electron chi connectivity index (χ0n) is 17.5. The Bertz CT molecular complexity index is 848. The molecule has 3 atom stereocenters. The van der Waals surface area contributed by atoms with Crippen LogP contribution in [0.25, 0.3) is 0 Å². The first-order valence-corrected chi connectivity index (χ1v) is 10.9. The van der Waals surface area contributed by atoms with Gasteiger partial charge in [0.2, 0.25) is 0 Å². The molecular formula is C22H26F4N2O4. The van der Waals surface area contributed by atoms with E-state index in [0.29, 0.717) is 63.0 Å². The van der Waals surface area contributed by atoms with Crippen molar-refractivity contribution in [2.75, 3.05) is 26.2 Å². The molecule has 2 saturated carbocycles. The van der Waals surface area contributed by atoms with Crippen LogP contribution in [0, 0.1) is 0 Å². The predicted octanol–water partition coefficient (Wildman–Crippen LogP) is 3.01. The quantitative estimate of drug-likeness (QED) is 0.705. The van der Waals surface area contributed by atoms with Crippen LogP contribution in [0.5, 0.6) is 0 Å². The summed E-state index contributed by atoms with van der Waals surface area (Å²) in [5.41, 5.74) is -0.291. The van der Waals surface area contributed by atoms with Crippen molar-refractivity contribution >= 4 is 11.8 Å². The van der Waals surface area contributed by atoms with E-state index in [-0.39, 0.29) is 18.2 Å². The second kappa shape index (κ2) is 8.62. The third-order valence-electron chi connectivity index (χ3n) is 6.59. The second-order valence-electron chi connectivity index (χ2n) is 8.82. The highest BCUT2D eigenvalue weighted by molar-refractivity contribution is 5.94. The zero-order valence-corrected chi connectivity index (χ0v) is 17.5. The number of hydrogen-bond donors (Lipinski definition) is 1. The van der Waals surface area contributed by atoms with Gasteiger partial charge in [-0.1, -0.05) is 18.6 Å². The normalized spacial score (nSPS) is 27.8. The van der Waals surface area contributed by atoms with Crippen LogP contribution < -0.4 is 0 Å². The van der Waals surface area contributed by atoms with Gasteiger partial charge < -0.3 is 14.9 Å². The van der Waals surface area contributed by atoms with Crippen LogP contribution in [0.15, 0.2) is 24.3 Å². The summed E-state index contributed by atoms with van der Waals surface area (Å²) < 4.78 is 56.3. The number of aliphatic hydroxyl groups is 1. The number of hydrogen-bond acceptors (Lipinski definition) is 4. The van der Waals surface area contributed by atoms with Crippen LogP contribution in [0.1, 0.15) is 53.9 Å². The van der Waals surface area contributed by atoms with Gasteiger partial charge in [0.25, 0.3) is 11.8 Å². The minimum atomic E-state index is -4.88. The molecule has 0 aromatic heterocycles. The summed E-state index contributed by atoms with van der Waals surface area (Å²) in [7, 11) is 0. The van der Waals surface area contributed by atoms with Crippen molar-refractivity contribution in [3.8, 4) is 0 Å². The Kier molecular flexibility index (Phi) is 6.19. The van der Waals surface area contributed by atoms with Gasteiger partial charge in [0.05, 0.1) is 6.10 Å². The standard InChI is InChI=1S/C22H26F4N2O4/c23-18-16(2-1-3-17(18)32-22(24,25)26)14-4-6-15(7-5-14)19(29)27-10-12-28(13-11-27)20(30)21(31)8-9-21/h4-7,16-18,31H,1-3,8-13H2. The van der Waals surface area contributed by atoms with Crippen LogP contribution in [0.2, 0.25) is 0 Å². The highest BCUT2D eigenvalue weighted by Crippen LogP contribution is 2.39. The Labute approximate surface area is 183 Å². The Morgan fingerprint density at radius 1 is 1.00 bits per heavy atom. The first-order valence-electron chi connectivity index (χ1n) is 10.9. The molecule has 2 aliphatic carbocycles. The largest absolute Gasteiger partial charge is 0.522 e. The summed E-state index contributed by atoms with van der Waals surface area (Å²) in [6, 6.07) is 6.29. The molecule has 6 nitrogen and oxygen atoms in total. The van der Waals surface area contributed by atoms with Crippen LogP contribution >= 0.6 is 0 Å². The molecule has 1 aromatic rings. The van der Waals surface area contributed by atoms with Crippen LogP contribution in [0.3, 0.4) is 0 Å². The van der Waals surface area contributed by atoms with E-state index < -0.39 is 30.2 Å². The molecule has 2 amide bonds. The molecule has 4 rings (SSSR count). The number of halogens is 4. The lowest BCUT2D eigenvalue weighted by molar-refractivity contribution is -0.351. The second-order valence-corrected chi connectivity index (χ2v) is 8.82. The molecule has 176 valence electrons. The fraction of sp³-hybridized carbons (Fsp3) is 0.636. The van der Waals surface area contributed by atoms with E-state index in [0.717, 1.165) is 0 Å². The smallest absolute Gasteiger partial charge is 0.380 e. The minimum Gasteiger partial charge on any atom is -0.380 e. The summed E-state index contributed by atoms with van der Waals surface area (Å²) in [5.74, 6) is -1.23. The number of carbonyl (C=O) groups is 2. The number of benzene rings is 1. The number of nitrogens with zero attached hydrogens (tertiary/aromatic N) is 2. The van der Waals surface area contributed by atoms with Crippen molar-refractivity contribution < 1.29 is 37.0 Å². The van der Waals surface area contributed by atoms with Crippen LogP contribution in [0.4, 0.5) is 17.6 Å². The molecule has 1 aromatic carbocycles. The van der Waals surface area contributed by atoms with Crippen LogP contribution in [-0.2, 0) is 9.53 Å². The fourth-order valence-corrected chi connectivity index (χ4v) is 4.56. The maximum atomic E-state index is 14.7. The first-order chi connectivity index (χ1) is 15.1. The van der Waals surface area contributed by atoms with Gasteiger partial charge in [-0.25, -0.2) is 4.39 Å². The number of rotatable bonds is 4. The van der Waals surface area contributed by atoms with Gasteiger partial charge in [-0.3, -0.25) is 14.3 Å². The summed E-state index contributed by atoms with van der Waals surface area (Å²) in [4.78, 5) is 28.2. The Balaban J connectivity index is 1.35. The molecule has 32 heavy (non-hydrogen) atoms. The van der Waals surface area contributed by atoms with Gasteiger partial charge in [-0.05, 0) is 43.4 Å². The third kappa shape index (κ3) is 4.91. The lowest BCUT2D eigenvalue weighted by Gasteiger charge is -2.36. The molecule has 1 aliphatic heterocycles. The van der Waals surface area contributed by atoms with Gasteiger partial charge in [-0.2, -0.15) is 0 Å². The number of amides is 2. The van der Waals surface area contributed by atoms with Gasteiger partial charge in [0.1, 0.15) is 11.8 Å². The third-order valence-corrected chi connectivity index (χ3v) is 6.59. The zero-order chi connectivity index (χ0) is 23.1. The molecule has 0 bridgehead atoms. The number of piperazine rings is 1. The minimum absolute atomic E-state index is 0.0135. The van der Waals surface area contributed by atoms with Gasteiger partial charge in [-0.15, -0.1) is 13.2 Å². The molecule has 3 aliphatic rings. The monoisotopic (exact) mass is 458 g/mol. The summed E-state index contributed by atoms with van der Waals surface area (Å²) in [6.45, 7) is 1.37. The summed E-state index contributed by atoms with van der Waals surface area (Å²) >= 11 is 0. The van der Waals surface area contributed by atoms with Gasteiger partial charge in [0.15, 0.2) is 0 Å². The number of alkyl halides is 4. The van der Waals surface area contributed by atoms with Crippen molar-refractivity contribution in [1.82, 2.24) is 9.80 Å². The fourth-order valence-electron chi connectivity index (χ4n) is 4.56. The highest BCUT2D eigenvalue weighted by Gasteiger charge is 2.50. The molecule has 3 unspecified atom stereocenters. The Morgan fingerprint density at radius 3 is 2.16 bits per heavy atom. The predicted molar refractivity (Wildman–Crippen MR) is 106 cm³/mol. The molecule has 10 heteroatoms.